The van der Waals surface area contributed by atoms with Gasteiger partial charge in [-0.05, 0) is 49.4 Å². The Hall–Kier alpha value is -0.353. The summed E-state index contributed by atoms with van der Waals surface area (Å²) < 4.78 is 12.0. The zero-order valence-corrected chi connectivity index (χ0v) is 15.4. The Balaban J connectivity index is 2.29. The summed E-state index contributed by atoms with van der Waals surface area (Å²) in [6, 6.07) is 9.21. The first-order valence-corrected chi connectivity index (χ1v) is 10.4. The van der Waals surface area contributed by atoms with Crippen LogP contribution in [0.2, 0.25) is 11.1 Å². The smallest absolute Gasteiger partial charge is 0.321 e. The molecule has 0 amide bonds. The first-order chi connectivity index (χ1) is 10.3. The number of unbranched alkanes of at least 4 members (excludes halogenated alkanes) is 2. The summed E-state index contributed by atoms with van der Waals surface area (Å²) in [4.78, 5) is 0. The highest BCUT2D eigenvalue weighted by Crippen LogP contribution is 2.14. The topological polar surface area (TPSA) is 18.5 Å². The second-order valence-corrected chi connectivity index (χ2v) is 7.94. The third-order valence-electron chi connectivity index (χ3n) is 3.40. The van der Waals surface area contributed by atoms with Crippen molar-refractivity contribution in [2.75, 3.05) is 13.2 Å². The maximum Gasteiger partial charge on any atom is 0.321 e. The van der Waals surface area contributed by atoms with Gasteiger partial charge in [0.25, 0.3) is 0 Å². The summed E-state index contributed by atoms with van der Waals surface area (Å²) in [6.45, 7) is 6.10. The fourth-order valence-corrected chi connectivity index (χ4v) is 4.14. The minimum atomic E-state index is -1.48. The van der Waals surface area contributed by atoms with E-state index in [9.17, 15) is 0 Å². The zero-order valence-electron chi connectivity index (χ0n) is 13.4. The Morgan fingerprint density at radius 1 is 1.00 bits per heavy atom. The van der Waals surface area contributed by atoms with Crippen LogP contribution in [0.5, 0.6) is 0 Å². The lowest BCUT2D eigenvalue weighted by Crippen LogP contribution is -2.24. The van der Waals surface area contributed by atoms with Gasteiger partial charge in [-0.3, -0.25) is 0 Å². The molecule has 0 aromatic heterocycles. The van der Waals surface area contributed by atoms with Gasteiger partial charge >= 0.3 is 9.28 Å². The van der Waals surface area contributed by atoms with Gasteiger partial charge in [0.15, 0.2) is 0 Å². The van der Waals surface area contributed by atoms with E-state index in [2.05, 4.69) is 19.9 Å². The molecule has 0 saturated carbocycles. The minimum Gasteiger partial charge on any atom is -0.397 e. The van der Waals surface area contributed by atoms with Crippen LogP contribution in [0.4, 0.5) is 0 Å². The first-order valence-electron chi connectivity index (χ1n) is 8.24. The highest BCUT2D eigenvalue weighted by molar-refractivity contribution is 6.44. The fraction of sp³-hybridized carbons (Fsp3) is 0.647. The summed E-state index contributed by atoms with van der Waals surface area (Å²) in [5, 5.41) is 0.819. The molecule has 0 atom stereocenters. The van der Waals surface area contributed by atoms with Gasteiger partial charge in [-0.2, -0.15) is 0 Å². The van der Waals surface area contributed by atoms with E-state index in [0.29, 0.717) is 0 Å². The molecule has 0 spiro atoms. The van der Waals surface area contributed by atoms with Gasteiger partial charge in [0, 0.05) is 18.2 Å². The van der Waals surface area contributed by atoms with E-state index in [0.717, 1.165) is 50.0 Å². The van der Waals surface area contributed by atoms with Crippen molar-refractivity contribution in [1.29, 1.82) is 0 Å². The maximum absolute atomic E-state index is 6.01. The van der Waals surface area contributed by atoms with Crippen LogP contribution in [-0.2, 0) is 15.3 Å². The molecule has 0 saturated heterocycles. The minimum absolute atomic E-state index is 0.819. The summed E-state index contributed by atoms with van der Waals surface area (Å²) in [7, 11) is -1.48. The first kappa shape index (κ1) is 18.7. The predicted octanol–water partition coefficient (Wildman–Crippen LogP) is 5.13. The Morgan fingerprint density at radius 2 is 1.67 bits per heavy atom. The van der Waals surface area contributed by atoms with E-state index >= 15 is 0 Å². The van der Waals surface area contributed by atoms with Gasteiger partial charge in [-0.15, -0.1) is 0 Å². The van der Waals surface area contributed by atoms with Crippen LogP contribution in [0, 0.1) is 0 Å². The zero-order chi connectivity index (χ0) is 15.3. The van der Waals surface area contributed by atoms with E-state index in [1.54, 1.807) is 0 Å². The number of aryl methyl sites for hydroxylation is 1. The van der Waals surface area contributed by atoms with E-state index in [1.807, 2.05) is 18.2 Å². The van der Waals surface area contributed by atoms with Crippen LogP contribution in [0.25, 0.3) is 0 Å². The van der Waals surface area contributed by atoms with Crippen molar-refractivity contribution in [2.45, 2.75) is 58.4 Å². The van der Waals surface area contributed by atoms with Gasteiger partial charge in [0.05, 0.1) is 0 Å². The molecule has 0 unspecified atom stereocenters. The lowest BCUT2D eigenvalue weighted by Gasteiger charge is -2.16. The predicted molar refractivity (Wildman–Crippen MR) is 93.4 cm³/mol. The lowest BCUT2D eigenvalue weighted by atomic mass is 10.1. The molecule has 1 aromatic rings. The van der Waals surface area contributed by atoms with E-state index < -0.39 is 9.28 Å². The molecule has 1 rings (SSSR count). The van der Waals surface area contributed by atoms with Crippen LogP contribution in [0.15, 0.2) is 24.3 Å². The molecule has 120 valence electrons. The van der Waals surface area contributed by atoms with Crippen LogP contribution >= 0.6 is 11.6 Å². The monoisotopic (exact) mass is 328 g/mol. The number of halogens is 1. The summed E-state index contributed by atoms with van der Waals surface area (Å²) in [5.41, 5.74) is 1.30. The van der Waals surface area contributed by atoms with Gasteiger partial charge < -0.3 is 8.85 Å². The van der Waals surface area contributed by atoms with Crippen molar-refractivity contribution in [3.05, 3.63) is 34.9 Å². The molecule has 0 radical (unpaired) electrons. The van der Waals surface area contributed by atoms with Gasteiger partial charge in [0.1, 0.15) is 0 Å². The molecule has 4 heteroatoms. The molecule has 0 fully saturated rings. The molecule has 0 bridgehead atoms. The quantitative estimate of drug-likeness (QED) is 0.391. The summed E-state index contributed by atoms with van der Waals surface area (Å²) >= 11 is 6.01. The van der Waals surface area contributed by atoms with E-state index in [-0.39, 0.29) is 0 Å². The maximum atomic E-state index is 6.01. The Bertz CT molecular complexity index is 364. The molecule has 0 N–H and O–H groups in total. The molecular formula is C17H29ClO2Si. The number of benzene rings is 1. The molecule has 0 heterocycles. The molecular weight excluding hydrogens is 300 g/mol. The fourth-order valence-electron chi connectivity index (χ4n) is 2.10. The normalized spacial score (nSPS) is 11.2. The van der Waals surface area contributed by atoms with Crippen molar-refractivity contribution >= 4 is 20.9 Å². The van der Waals surface area contributed by atoms with Crippen LogP contribution in [0.3, 0.4) is 0 Å². The third-order valence-corrected chi connectivity index (χ3v) is 5.73. The average Bonchev–Trinajstić information content (AvgIpc) is 2.47. The van der Waals surface area contributed by atoms with Crippen molar-refractivity contribution in [3.63, 3.8) is 0 Å². The largest absolute Gasteiger partial charge is 0.397 e. The van der Waals surface area contributed by atoms with Crippen LogP contribution in [0.1, 0.15) is 51.5 Å². The summed E-state index contributed by atoms with van der Waals surface area (Å²) in [5.74, 6) is 0. The Morgan fingerprint density at radius 3 is 2.24 bits per heavy atom. The Labute approximate surface area is 136 Å². The molecule has 0 aliphatic rings. The summed E-state index contributed by atoms with van der Waals surface area (Å²) in [6.07, 6.45) is 6.80. The van der Waals surface area contributed by atoms with Crippen molar-refractivity contribution in [2.24, 2.45) is 0 Å². The van der Waals surface area contributed by atoms with E-state index in [1.165, 1.54) is 18.4 Å². The lowest BCUT2D eigenvalue weighted by molar-refractivity contribution is 0.191. The Kier molecular flexibility index (Phi) is 10.9. The van der Waals surface area contributed by atoms with Gasteiger partial charge in [-0.1, -0.05) is 50.4 Å². The SMILES string of the molecule is CCCCO[SiH](CCCc1cccc(Cl)c1)OCCCC. The number of hydrogen-bond acceptors (Lipinski definition) is 2. The van der Waals surface area contributed by atoms with Gasteiger partial charge in [0.2, 0.25) is 0 Å². The third kappa shape index (κ3) is 9.30. The highest BCUT2D eigenvalue weighted by Gasteiger charge is 2.13. The molecule has 0 aliphatic heterocycles. The van der Waals surface area contributed by atoms with Gasteiger partial charge in [-0.25, -0.2) is 0 Å². The van der Waals surface area contributed by atoms with Crippen LogP contribution < -0.4 is 0 Å². The van der Waals surface area contributed by atoms with Crippen molar-refractivity contribution in [1.82, 2.24) is 0 Å². The molecule has 2 nitrogen and oxygen atoms in total. The second-order valence-electron chi connectivity index (χ2n) is 5.40. The van der Waals surface area contributed by atoms with Crippen LogP contribution in [-0.4, -0.2) is 22.5 Å². The second kappa shape index (κ2) is 12.2. The van der Waals surface area contributed by atoms with Crippen molar-refractivity contribution < 1.29 is 8.85 Å². The van der Waals surface area contributed by atoms with E-state index in [4.69, 9.17) is 20.5 Å². The standard InChI is InChI=1S/C17H29ClO2Si/c1-3-5-12-19-21(20-13-6-4-2)14-8-10-16-9-7-11-17(18)15-16/h7,9,11,15,21H,3-6,8,10,12-14H2,1-2H3. The van der Waals surface area contributed by atoms with Crippen molar-refractivity contribution in [3.8, 4) is 0 Å². The highest BCUT2D eigenvalue weighted by atomic mass is 35.5. The number of hydrogen-bond donors (Lipinski definition) is 0. The molecule has 1 aromatic carbocycles. The number of rotatable bonds is 12. The molecule has 21 heavy (non-hydrogen) atoms. The average molecular weight is 329 g/mol. The molecule has 0 aliphatic carbocycles.